The first-order valence-electron chi connectivity index (χ1n) is 10.5. The molecule has 8 heteroatoms. The van der Waals surface area contributed by atoms with Crippen LogP contribution in [-0.4, -0.2) is 48.8 Å². The number of hydrogen-bond acceptors (Lipinski definition) is 5. The SMILES string of the molecule is C[C@@H]1CCC[C@H](C)N1S(=O)(=O)c1ccc(N2C(=O)[C@@H]3[C@H](C2=O)[C@H]2CC[C@H]3O2)cc1. The zero-order chi connectivity index (χ0) is 20.5. The molecule has 7 nitrogen and oxygen atoms in total. The average Bonchev–Trinajstić information content (AvgIpc) is 3.35. The minimum absolute atomic E-state index is 0.0417. The van der Waals surface area contributed by atoms with Crippen LogP contribution in [-0.2, 0) is 24.3 Å². The van der Waals surface area contributed by atoms with E-state index < -0.39 is 10.0 Å². The molecule has 0 radical (unpaired) electrons. The molecule has 0 spiro atoms. The molecule has 6 atom stereocenters. The number of carbonyl (C=O) groups is 2. The van der Waals surface area contributed by atoms with Crippen molar-refractivity contribution < 1.29 is 22.7 Å². The summed E-state index contributed by atoms with van der Waals surface area (Å²) < 4.78 is 33.7. The van der Waals surface area contributed by atoms with E-state index in [1.807, 2.05) is 13.8 Å². The van der Waals surface area contributed by atoms with Gasteiger partial charge in [0, 0.05) is 12.1 Å². The van der Waals surface area contributed by atoms with Gasteiger partial charge in [-0.2, -0.15) is 4.31 Å². The van der Waals surface area contributed by atoms with Gasteiger partial charge in [0.15, 0.2) is 0 Å². The normalized spacial score (nSPS) is 37.4. The van der Waals surface area contributed by atoms with Crippen LogP contribution < -0.4 is 4.90 Å². The predicted molar refractivity (Wildman–Crippen MR) is 106 cm³/mol. The zero-order valence-corrected chi connectivity index (χ0v) is 17.5. The lowest BCUT2D eigenvalue weighted by Crippen LogP contribution is -2.47. The summed E-state index contributed by atoms with van der Waals surface area (Å²) in [7, 11) is -3.63. The highest BCUT2D eigenvalue weighted by Gasteiger charge is 2.62. The fraction of sp³-hybridized carbons (Fsp3) is 0.619. The zero-order valence-electron chi connectivity index (χ0n) is 16.7. The van der Waals surface area contributed by atoms with Gasteiger partial charge in [0.1, 0.15) is 0 Å². The van der Waals surface area contributed by atoms with Crippen molar-refractivity contribution in [1.82, 2.24) is 4.31 Å². The Kier molecular flexibility index (Phi) is 4.38. The Bertz CT molecular complexity index is 922. The summed E-state index contributed by atoms with van der Waals surface area (Å²) in [5.74, 6) is -1.22. The third kappa shape index (κ3) is 2.72. The largest absolute Gasteiger partial charge is 0.373 e. The van der Waals surface area contributed by atoms with Crippen LogP contribution in [0, 0.1) is 11.8 Å². The molecule has 2 bridgehead atoms. The number of amides is 2. The maximum absolute atomic E-state index is 13.2. The second-order valence-electron chi connectivity index (χ2n) is 8.81. The Balaban J connectivity index is 1.42. The van der Waals surface area contributed by atoms with Crippen LogP contribution >= 0.6 is 0 Å². The summed E-state index contributed by atoms with van der Waals surface area (Å²) in [6.07, 6.45) is 4.06. The molecule has 1 aromatic carbocycles. The van der Waals surface area contributed by atoms with Crippen LogP contribution in [0.3, 0.4) is 0 Å². The third-order valence-electron chi connectivity index (χ3n) is 7.07. The monoisotopic (exact) mass is 418 g/mol. The van der Waals surface area contributed by atoms with E-state index in [0.29, 0.717) is 5.69 Å². The molecule has 1 aromatic rings. The van der Waals surface area contributed by atoms with Gasteiger partial charge in [0.2, 0.25) is 21.8 Å². The number of sulfonamides is 1. The van der Waals surface area contributed by atoms with Gasteiger partial charge in [-0.25, -0.2) is 13.3 Å². The van der Waals surface area contributed by atoms with Crippen LogP contribution in [0.5, 0.6) is 0 Å². The fourth-order valence-corrected chi connectivity index (χ4v) is 7.61. The molecule has 5 rings (SSSR count). The summed E-state index contributed by atoms with van der Waals surface area (Å²) in [6, 6.07) is 6.09. The van der Waals surface area contributed by atoms with Crippen molar-refractivity contribution in [3.05, 3.63) is 24.3 Å². The Labute approximate surface area is 171 Å². The van der Waals surface area contributed by atoms with Crippen molar-refractivity contribution in [1.29, 1.82) is 0 Å². The third-order valence-corrected chi connectivity index (χ3v) is 9.21. The molecule has 0 unspecified atom stereocenters. The van der Waals surface area contributed by atoms with Gasteiger partial charge in [-0.05, 0) is 63.8 Å². The van der Waals surface area contributed by atoms with Crippen LogP contribution in [0.2, 0.25) is 0 Å². The van der Waals surface area contributed by atoms with Gasteiger partial charge in [0.05, 0.1) is 34.6 Å². The summed E-state index contributed by atoms with van der Waals surface area (Å²) >= 11 is 0. The van der Waals surface area contributed by atoms with E-state index in [0.717, 1.165) is 32.1 Å². The van der Waals surface area contributed by atoms with Crippen LogP contribution in [0.4, 0.5) is 5.69 Å². The lowest BCUT2D eigenvalue weighted by Gasteiger charge is -2.37. The lowest BCUT2D eigenvalue weighted by molar-refractivity contribution is -0.124. The van der Waals surface area contributed by atoms with E-state index in [4.69, 9.17) is 4.74 Å². The molecule has 0 N–H and O–H groups in total. The predicted octanol–water partition coefficient (Wildman–Crippen LogP) is 2.30. The van der Waals surface area contributed by atoms with Gasteiger partial charge >= 0.3 is 0 Å². The molecule has 4 heterocycles. The van der Waals surface area contributed by atoms with E-state index in [1.165, 1.54) is 17.0 Å². The fourth-order valence-electron chi connectivity index (χ4n) is 5.73. The number of benzene rings is 1. The molecule has 0 aliphatic carbocycles. The first-order chi connectivity index (χ1) is 13.8. The van der Waals surface area contributed by atoms with Crippen molar-refractivity contribution in [3.63, 3.8) is 0 Å². The molecular weight excluding hydrogens is 392 g/mol. The highest BCUT2D eigenvalue weighted by atomic mass is 32.2. The first kappa shape index (κ1) is 19.2. The number of rotatable bonds is 3. The van der Waals surface area contributed by atoms with Crippen LogP contribution in [0.15, 0.2) is 29.2 Å². The van der Waals surface area contributed by atoms with Crippen molar-refractivity contribution >= 4 is 27.5 Å². The van der Waals surface area contributed by atoms with Crippen molar-refractivity contribution in [2.75, 3.05) is 4.90 Å². The maximum atomic E-state index is 13.2. The van der Waals surface area contributed by atoms with Gasteiger partial charge in [0.25, 0.3) is 0 Å². The smallest absolute Gasteiger partial charge is 0.243 e. The van der Waals surface area contributed by atoms with E-state index in [9.17, 15) is 18.0 Å². The number of fused-ring (bicyclic) bond motifs is 5. The molecule has 29 heavy (non-hydrogen) atoms. The molecule has 156 valence electrons. The van der Waals surface area contributed by atoms with Crippen LogP contribution in [0.1, 0.15) is 46.0 Å². The standard InChI is InChI=1S/C21H26N2O5S/c1-12-4-3-5-13(2)23(12)29(26,27)15-8-6-14(7-9-15)22-20(24)18-16-10-11-17(28-16)19(18)21(22)25/h6-9,12-13,16-19H,3-5,10-11H2,1-2H3/t12-,13+,16-,17-,18-,19+/m1/s1. The summed E-state index contributed by atoms with van der Waals surface area (Å²) in [4.78, 5) is 27.2. The number of ether oxygens (including phenoxy) is 1. The second kappa shape index (κ2) is 6.62. The average molecular weight is 419 g/mol. The van der Waals surface area contributed by atoms with E-state index >= 15 is 0 Å². The lowest BCUT2D eigenvalue weighted by atomic mass is 9.81. The quantitative estimate of drug-likeness (QED) is 0.704. The van der Waals surface area contributed by atoms with Gasteiger partial charge in [-0.3, -0.25) is 9.59 Å². The molecule has 0 saturated carbocycles. The topological polar surface area (TPSA) is 84.0 Å². The summed E-state index contributed by atoms with van der Waals surface area (Å²) in [6.45, 7) is 3.89. The summed E-state index contributed by atoms with van der Waals surface area (Å²) in [5, 5.41) is 0. The Morgan fingerprint density at radius 2 is 1.38 bits per heavy atom. The van der Waals surface area contributed by atoms with Crippen molar-refractivity contribution in [3.8, 4) is 0 Å². The van der Waals surface area contributed by atoms with Gasteiger partial charge in [-0.15, -0.1) is 0 Å². The molecule has 4 fully saturated rings. The molecule has 4 aliphatic rings. The van der Waals surface area contributed by atoms with E-state index in [-0.39, 0.29) is 52.8 Å². The van der Waals surface area contributed by atoms with Crippen LogP contribution in [0.25, 0.3) is 0 Å². The van der Waals surface area contributed by atoms with Gasteiger partial charge in [-0.1, -0.05) is 6.42 Å². The second-order valence-corrected chi connectivity index (χ2v) is 10.7. The highest BCUT2D eigenvalue weighted by Crippen LogP contribution is 2.49. The van der Waals surface area contributed by atoms with Crippen molar-refractivity contribution in [2.45, 2.75) is 75.1 Å². The summed E-state index contributed by atoms with van der Waals surface area (Å²) in [5.41, 5.74) is 0.437. The van der Waals surface area contributed by atoms with E-state index in [1.54, 1.807) is 16.4 Å². The molecule has 0 aromatic heterocycles. The van der Waals surface area contributed by atoms with Crippen molar-refractivity contribution in [2.24, 2.45) is 11.8 Å². The molecule has 2 amide bonds. The number of hydrogen-bond donors (Lipinski definition) is 0. The number of anilines is 1. The Hall–Kier alpha value is -1.77. The molecule has 4 aliphatic heterocycles. The maximum Gasteiger partial charge on any atom is 0.243 e. The Morgan fingerprint density at radius 3 is 1.90 bits per heavy atom. The Morgan fingerprint density at radius 1 is 0.862 bits per heavy atom. The first-order valence-corrected chi connectivity index (χ1v) is 11.9. The highest BCUT2D eigenvalue weighted by molar-refractivity contribution is 7.89. The number of nitrogens with zero attached hydrogens (tertiary/aromatic N) is 2. The minimum Gasteiger partial charge on any atom is -0.373 e. The number of piperidine rings is 1. The van der Waals surface area contributed by atoms with E-state index in [2.05, 4.69) is 0 Å². The molecular formula is C21H26N2O5S. The molecule has 4 saturated heterocycles. The number of carbonyl (C=O) groups excluding carboxylic acids is 2. The minimum atomic E-state index is -3.63. The number of imide groups is 1. The van der Waals surface area contributed by atoms with Gasteiger partial charge < -0.3 is 4.74 Å².